The van der Waals surface area contributed by atoms with Crippen molar-refractivity contribution >= 4 is 46.8 Å². The van der Waals surface area contributed by atoms with Crippen molar-refractivity contribution in [3.8, 4) is 0 Å². The van der Waals surface area contributed by atoms with Gasteiger partial charge >= 0.3 is 11.9 Å². The predicted octanol–water partition coefficient (Wildman–Crippen LogP) is 2.78. The minimum atomic E-state index is -0.938. The molecular weight excluding hydrogens is 332 g/mol. The zero-order valence-electron chi connectivity index (χ0n) is 11.0. The lowest BCUT2D eigenvalue weighted by molar-refractivity contribution is -0.132. The van der Waals surface area contributed by atoms with Crippen LogP contribution in [0.1, 0.15) is 12.8 Å². The standard InChI is InChI=1S/C12H14N2O4S3/c15-9(16)5-1-3-7-19-11-13-14-12(21-11)20-8-4-2-6-10(17)18/h1-2,5-6H,3-4,7-8H2,(H,15,16)(H,17,18). The van der Waals surface area contributed by atoms with E-state index in [1.54, 1.807) is 12.2 Å². The number of hydrogen-bond donors (Lipinski definition) is 2. The molecule has 114 valence electrons. The molecule has 1 rings (SSSR count). The summed E-state index contributed by atoms with van der Waals surface area (Å²) in [6, 6.07) is 0. The third-order valence-corrected chi connectivity index (χ3v) is 5.19. The Labute approximate surface area is 134 Å². The zero-order valence-corrected chi connectivity index (χ0v) is 13.4. The van der Waals surface area contributed by atoms with Crippen molar-refractivity contribution in [1.82, 2.24) is 10.2 Å². The molecule has 0 aliphatic rings. The Kier molecular flexibility index (Phi) is 8.79. The molecule has 1 aromatic rings. The quantitative estimate of drug-likeness (QED) is 0.379. The van der Waals surface area contributed by atoms with Crippen LogP contribution in [-0.2, 0) is 9.59 Å². The van der Waals surface area contributed by atoms with E-state index in [2.05, 4.69) is 10.2 Å². The van der Waals surface area contributed by atoms with Crippen LogP contribution in [0.15, 0.2) is 33.0 Å². The third kappa shape index (κ3) is 9.27. The lowest BCUT2D eigenvalue weighted by Gasteiger charge is -1.92. The molecule has 0 radical (unpaired) electrons. The van der Waals surface area contributed by atoms with Crippen LogP contribution in [-0.4, -0.2) is 43.9 Å². The molecule has 0 bridgehead atoms. The summed E-state index contributed by atoms with van der Waals surface area (Å²) in [6.07, 6.45) is 6.82. The van der Waals surface area contributed by atoms with Crippen LogP contribution in [0, 0.1) is 0 Å². The molecule has 1 aromatic heterocycles. The first kappa shape index (κ1) is 17.7. The molecule has 0 aliphatic heterocycles. The van der Waals surface area contributed by atoms with E-state index in [-0.39, 0.29) is 0 Å². The van der Waals surface area contributed by atoms with Crippen LogP contribution in [0.2, 0.25) is 0 Å². The fourth-order valence-corrected chi connectivity index (χ4v) is 4.08. The molecule has 0 aromatic carbocycles. The topological polar surface area (TPSA) is 100 Å². The van der Waals surface area contributed by atoms with Crippen molar-refractivity contribution in [2.75, 3.05) is 11.5 Å². The van der Waals surface area contributed by atoms with Crippen molar-refractivity contribution in [2.24, 2.45) is 0 Å². The SMILES string of the molecule is O=C(O)C=CCCSc1nnc(SCCC=CC(=O)O)s1. The summed E-state index contributed by atoms with van der Waals surface area (Å²) in [5, 5.41) is 24.9. The fourth-order valence-electron chi connectivity index (χ4n) is 1.11. The van der Waals surface area contributed by atoms with Gasteiger partial charge in [-0.05, 0) is 12.8 Å². The second kappa shape index (κ2) is 10.4. The highest BCUT2D eigenvalue weighted by Gasteiger charge is 2.04. The number of carboxylic acids is 2. The van der Waals surface area contributed by atoms with E-state index in [1.807, 2.05) is 0 Å². The second-order valence-electron chi connectivity index (χ2n) is 3.59. The van der Waals surface area contributed by atoms with Gasteiger partial charge in [0.25, 0.3) is 0 Å². The number of carboxylic acid groups (broad SMARTS) is 2. The minimum Gasteiger partial charge on any atom is -0.478 e. The van der Waals surface area contributed by atoms with Gasteiger partial charge in [0.15, 0.2) is 8.68 Å². The first-order valence-electron chi connectivity index (χ1n) is 5.96. The van der Waals surface area contributed by atoms with Gasteiger partial charge in [0.05, 0.1) is 0 Å². The van der Waals surface area contributed by atoms with Crippen molar-refractivity contribution in [3.05, 3.63) is 24.3 Å². The molecule has 6 nitrogen and oxygen atoms in total. The Morgan fingerprint density at radius 1 is 0.952 bits per heavy atom. The average molecular weight is 346 g/mol. The highest BCUT2D eigenvalue weighted by atomic mass is 32.2. The van der Waals surface area contributed by atoms with E-state index >= 15 is 0 Å². The summed E-state index contributed by atoms with van der Waals surface area (Å²) < 4.78 is 1.70. The van der Waals surface area contributed by atoms with Gasteiger partial charge in [0.2, 0.25) is 0 Å². The average Bonchev–Trinajstić information content (AvgIpc) is 2.85. The third-order valence-electron chi connectivity index (χ3n) is 1.93. The van der Waals surface area contributed by atoms with Crippen molar-refractivity contribution in [3.63, 3.8) is 0 Å². The maximum Gasteiger partial charge on any atom is 0.327 e. The van der Waals surface area contributed by atoms with Crippen molar-refractivity contribution in [1.29, 1.82) is 0 Å². The molecule has 2 N–H and O–H groups in total. The Morgan fingerprint density at radius 2 is 1.38 bits per heavy atom. The summed E-state index contributed by atoms with van der Waals surface area (Å²) in [5.74, 6) is -0.368. The smallest absolute Gasteiger partial charge is 0.327 e. The molecule has 0 atom stereocenters. The molecule has 0 amide bonds. The van der Waals surface area contributed by atoms with Gasteiger partial charge in [-0.3, -0.25) is 0 Å². The normalized spacial score (nSPS) is 11.4. The fraction of sp³-hybridized carbons (Fsp3) is 0.333. The Hall–Kier alpha value is -1.32. The largest absolute Gasteiger partial charge is 0.478 e. The molecular formula is C12H14N2O4S3. The number of hydrogen-bond acceptors (Lipinski definition) is 7. The first-order chi connectivity index (χ1) is 10.1. The number of thioether (sulfide) groups is 2. The maximum absolute atomic E-state index is 10.3. The van der Waals surface area contributed by atoms with E-state index in [0.29, 0.717) is 12.8 Å². The molecule has 0 fully saturated rings. The van der Waals surface area contributed by atoms with Crippen LogP contribution < -0.4 is 0 Å². The molecule has 0 spiro atoms. The lowest BCUT2D eigenvalue weighted by atomic mass is 10.4. The molecule has 0 saturated carbocycles. The summed E-state index contributed by atoms with van der Waals surface area (Å²) in [6.45, 7) is 0. The summed E-state index contributed by atoms with van der Waals surface area (Å²) in [5.41, 5.74) is 0. The highest BCUT2D eigenvalue weighted by molar-refractivity contribution is 8.03. The van der Waals surface area contributed by atoms with E-state index in [0.717, 1.165) is 32.3 Å². The van der Waals surface area contributed by atoms with E-state index in [1.165, 1.54) is 34.9 Å². The van der Waals surface area contributed by atoms with Gasteiger partial charge in [-0.25, -0.2) is 9.59 Å². The van der Waals surface area contributed by atoms with E-state index in [4.69, 9.17) is 10.2 Å². The lowest BCUT2D eigenvalue weighted by Crippen LogP contribution is -1.86. The van der Waals surface area contributed by atoms with Crippen molar-refractivity contribution < 1.29 is 19.8 Å². The van der Waals surface area contributed by atoms with Gasteiger partial charge in [0.1, 0.15) is 0 Å². The molecule has 0 aliphatic carbocycles. The van der Waals surface area contributed by atoms with E-state index < -0.39 is 11.9 Å². The highest BCUT2D eigenvalue weighted by Crippen LogP contribution is 2.29. The molecule has 0 unspecified atom stereocenters. The Bertz CT molecular complexity index is 484. The van der Waals surface area contributed by atoms with Crippen LogP contribution in [0.3, 0.4) is 0 Å². The summed E-state index contributed by atoms with van der Waals surface area (Å²) in [4.78, 5) is 20.5. The van der Waals surface area contributed by atoms with Crippen LogP contribution in [0.25, 0.3) is 0 Å². The summed E-state index contributed by atoms with van der Waals surface area (Å²) >= 11 is 4.56. The van der Waals surface area contributed by atoms with Crippen LogP contribution in [0.4, 0.5) is 0 Å². The number of aromatic nitrogens is 2. The Balaban J connectivity index is 2.20. The maximum atomic E-state index is 10.3. The molecule has 21 heavy (non-hydrogen) atoms. The predicted molar refractivity (Wildman–Crippen MR) is 84.1 cm³/mol. The first-order valence-corrected chi connectivity index (χ1v) is 8.74. The molecule has 0 saturated heterocycles. The number of rotatable bonds is 10. The minimum absolute atomic E-state index is 0.666. The van der Waals surface area contributed by atoms with Gasteiger partial charge in [-0.15, -0.1) is 10.2 Å². The molecule has 1 heterocycles. The summed E-state index contributed by atoms with van der Waals surface area (Å²) in [7, 11) is 0. The van der Waals surface area contributed by atoms with Crippen molar-refractivity contribution in [2.45, 2.75) is 21.5 Å². The van der Waals surface area contributed by atoms with E-state index in [9.17, 15) is 9.59 Å². The van der Waals surface area contributed by atoms with Gasteiger partial charge in [0, 0.05) is 23.7 Å². The second-order valence-corrected chi connectivity index (χ2v) is 7.25. The Morgan fingerprint density at radius 3 is 1.76 bits per heavy atom. The number of allylic oxidation sites excluding steroid dienone is 2. The van der Waals surface area contributed by atoms with Gasteiger partial charge < -0.3 is 10.2 Å². The van der Waals surface area contributed by atoms with Gasteiger partial charge in [-0.1, -0.05) is 47.0 Å². The van der Waals surface area contributed by atoms with Gasteiger partial charge in [-0.2, -0.15) is 0 Å². The van der Waals surface area contributed by atoms with Crippen LogP contribution >= 0.6 is 34.9 Å². The number of nitrogens with zero attached hydrogens (tertiary/aromatic N) is 2. The monoisotopic (exact) mass is 346 g/mol. The molecule has 9 heteroatoms. The zero-order chi connectivity index (χ0) is 15.5. The number of carbonyl (C=O) groups is 2. The number of aliphatic carboxylic acids is 2. The van der Waals surface area contributed by atoms with Crippen LogP contribution in [0.5, 0.6) is 0 Å².